The summed E-state index contributed by atoms with van der Waals surface area (Å²) >= 11 is 0. The SMILES string of the molecule is CCCC1(C(=O)Cc2ccccc2C)CCNCC1. The van der Waals surface area contributed by atoms with Crippen LogP contribution < -0.4 is 5.32 Å². The molecule has 1 N–H and O–H groups in total. The molecule has 0 atom stereocenters. The molecule has 1 fully saturated rings. The Morgan fingerprint density at radius 3 is 2.58 bits per heavy atom. The molecule has 1 saturated heterocycles. The molecule has 0 radical (unpaired) electrons. The maximum Gasteiger partial charge on any atom is 0.143 e. The third-order valence-corrected chi connectivity index (χ3v) is 4.49. The summed E-state index contributed by atoms with van der Waals surface area (Å²) in [7, 11) is 0. The molecule has 1 aliphatic rings. The van der Waals surface area contributed by atoms with E-state index in [2.05, 4.69) is 31.3 Å². The summed E-state index contributed by atoms with van der Waals surface area (Å²) in [6, 6.07) is 8.26. The van der Waals surface area contributed by atoms with Gasteiger partial charge >= 0.3 is 0 Å². The summed E-state index contributed by atoms with van der Waals surface area (Å²) in [5.41, 5.74) is 2.36. The highest BCUT2D eigenvalue weighted by Gasteiger charge is 2.37. The van der Waals surface area contributed by atoms with Crippen LogP contribution in [0.1, 0.15) is 43.7 Å². The van der Waals surface area contributed by atoms with Gasteiger partial charge in [-0.15, -0.1) is 0 Å². The molecule has 1 aromatic carbocycles. The van der Waals surface area contributed by atoms with Crippen molar-refractivity contribution in [3.05, 3.63) is 35.4 Å². The first-order valence-electron chi connectivity index (χ1n) is 7.46. The van der Waals surface area contributed by atoms with Crippen LogP contribution in [-0.4, -0.2) is 18.9 Å². The van der Waals surface area contributed by atoms with E-state index in [1.165, 1.54) is 11.1 Å². The van der Waals surface area contributed by atoms with Crippen molar-refractivity contribution in [3.63, 3.8) is 0 Å². The molecule has 0 spiro atoms. The average Bonchev–Trinajstić information content (AvgIpc) is 2.42. The fraction of sp³-hybridized carbons (Fsp3) is 0.588. The smallest absolute Gasteiger partial charge is 0.143 e. The maximum absolute atomic E-state index is 12.8. The number of benzene rings is 1. The molecular formula is C17H25NO. The highest BCUT2D eigenvalue weighted by Crippen LogP contribution is 2.36. The molecule has 19 heavy (non-hydrogen) atoms. The third-order valence-electron chi connectivity index (χ3n) is 4.49. The fourth-order valence-corrected chi connectivity index (χ4v) is 3.22. The zero-order chi connectivity index (χ0) is 13.7. The Labute approximate surface area is 116 Å². The molecule has 2 heteroatoms. The van der Waals surface area contributed by atoms with E-state index in [4.69, 9.17) is 0 Å². The monoisotopic (exact) mass is 259 g/mol. The lowest BCUT2D eigenvalue weighted by molar-refractivity contribution is -0.130. The summed E-state index contributed by atoms with van der Waals surface area (Å²) in [4.78, 5) is 12.8. The van der Waals surface area contributed by atoms with Gasteiger partial charge in [0.15, 0.2) is 0 Å². The topological polar surface area (TPSA) is 29.1 Å². The van der Waals surface area contributed by atoms with Crippen molar-refractivity contribution in [1.29, 1.82) is 0 Å². The van der Waals surface area contributed by atoms with Crippen molar-refractivity contribution >= 4 is 5.78 Å². The normalized spacial score (nSPS) is 18.2. The first-order chi connectivity index (χ1) is 9.18. The summed E-state index contributed by atoms with van der Waals surface area (Å²) in [5, 5.41) is 3.38. The second-order valence-electron chi connectivity index (χ2n) is 5.81. The molecular weight excluding hydrogens is 234 g/mol. The largest absolute Gasteiger partial charge is 0.317 e. The van der Waals surface area contributed by atoms with Gasteiger partial charge in [-0.25, -0.2) is 0 Å². The average molecular weight is 259 g/mol. The molecule has 0 amide bonds. The van der Waals surface area contributed by atoms with Crippen molar-refractivity contribution in [1.82, 2.24) is 5.32 Å². The molecule has 0 saturated carbocycles. The van der Waals surface area contributed by atoms with Crippen molar-refractivity contribution in [2.45, 2.75) is 46.0 Å². The minimum Gasteiger partial charge on any atom is -0.317 e. The second-order valence-corrected chi connectivity index (χ2v) is 5.81. The van der Waals surface area contributed by atoms with Crippen LogP contribution in [0.25, 0.3) is 0 Å². The highest BCUT2D eigenvalue weighted by molar-refractivity contribution is 5.87. The van der Waals surface area contributed by atoms with Gasteiger partial charge in [0.05, 0.1) is 0 Å². The van der Waals surface area contributed by atoms with Gasteiger partial charge in [0.2, 0.25) is 0 Å². The van der Waals surface area contributed by atoms with Crippen LogP contribution in [0.2, 0.25) is 0 Å². The minimum atomic E-state index is -0.0672. The van der Waals surface area contributed by atoms with Gasteiger partial charge in [0.25, 0.3) is 0 Å². The van der Waals surface area contributed by atoms with E-state index in [9.17, 15) is 4.79 Å². The van der Waals surface area contributed by atoms with Crippen LogP contribution >= 0.6 is 0 Å². The minimum absolute atomic E-state index is 0.0672. The lowest BCUT2D eigenvalue weighted by Crippen LogP contribution is -2.42. The number of hydrogen-bond acceptors (Lipinski definition) is 2. The van der Waals surface area contributed by atoms with Gasteiger partial charge in [0.1, 0.15) is 5.78 Å². The standard InChI is InChI=1S/C17H25NO/c1-3-8-17(9-11-18-12-10-17)16(19)13-15-7-5-4-6-14(15)2/h4-7,18H,3,8-13H2,1-2H3. The number of piperidine rings is 1. The molecule has 104 valence electrons. The predicted molar refractivity (Wildman–Crippen MR) is 79.3 cm³/mol. The van der Waals surface area contributed by atoms with E-state index in [1.54, 1.807) is 0 Å². The van der Waals surface area contributed by atoms with Crippen LogP contribution in [0.15, 0.2) is 24.3 Å². The maximum atomic E-state index is 12.8. The molecule has 1 aromatic rings. The molecule has 0 aromatic heterocycles. The van der Waals surface area contributed by atoms with Gasteiger partial charge in [0, 0.05) is 11.8 Å². The zero-order valence-electron chi connectivity index (χ0n) is 12.2. The quantitative estimate of drug-likeness (QED) is 0.879. The Bertz CT molecular complexity index is 427. The number of rotatable bonds is 5. The predicted octanol–water partition coefficient (Wildman–Crippen LogP) is 3.28. The van der Waals surface area contributed by atoms with E-state index < -0.39 is 0 Å². The Morgan fingerprint density at radius 2 is 1.95 bits per heavy atom. The number of ketones is 1. The van der Waals surface area contributed by atoms with Gasteiger partial charge in [-0.1, -0.05) is 37.6 Å². The first-order valence-corrected chi connectivity index (χ1v) is 7.46. The summed E-state index contributed by atoms with van der Waals surface area (Å²) in [6.07, 6.45) is 4.75. The van der Waals surface area contributed by atoms with Gasteiger partial charge in [-0.3, -0.25) is 4.79 Å². The van der Waals surface area contributed by atoms with Crippen LogP contribution in [0, 0.1) is 12.3 Å². The van der Waals surface area contributed by atoms with E-state index in [0.29, 0.717) is 12.2 Å². The van der Waals surface area contributed by atoms with E-state index in [1.807, 2.05) is 12.1 Å². The lowest BCUT2D eigenvalue weighted by atomic mass is 9.70. The number of hydrogen-bond donors (Lipinski definition) is 1. The van der Waals surface area contributed by atoms with Crippen molar-refractivity contribution in [2.75, 3.05) is 13.1 Å². The van der Waals surface area contributed by atoms with Crippen molar-refractivity contribution in [3.8, 4) is 0 Å². The van der Waals surface area contributed by atoms with Crippen LogP contribution in [-0.2, 0) is 11.2 Å². The second kappa shape index (κ2) is 6.33. The number of Topliss-reactive ketones (excluding diaryl/α,β-unsaturated/α-hetero) is 1. The Kier molecular flexibility index (Phi) is 4.76. The molecule has 0 bridgehead atoms. The number of aryl methyl sites for hydroxylation is 1. The summed E-state index contributed by atoms with van der Waals surface area (Å²) < 4.78 is 0. The van der Waals surface area contributed by atoms with E-state index >= 15 is 0 Å². The van der Waals surface area contributed by atoms with Crippen LogP contribution in [0.3, 0.4) is 0 Å². The Balaban J connectivity index is 2.14. The van der Waals surface area contributed by atoms with Gasteiger partial charge in [-0.2, -0.15) is 0 Å². The van der Waals surface area contributed by atoms with E-state index in [-0.39, 0.29) is 5.41 Å². The van der Waals surface area contributed by atoms with Gasteiger partial charge in [-0.05, 0) is 50.4 Å². The van der Waals surface area contributed by atoms with Crippen LogP contribution in [0.5, 0.6) is 0 Å². The molecule has 0 aliphatic carbocycles. The number of nitrogens with one attached hydrogen (secondary N) is 1. The zero-order valence-corrected chi connectivity index (χ0v) is 12.2. The molecule has 0 unspecified atom stereocenters. The lowest BCUT2D eigenvalue weighted by Gasteiger charge is -2.36. The van der Waals surface area contributed by atoms with Crippen molar-refractivity contribution < 1.29 is 4.79 Å². The molecule has 2 rings (SSSR count). The Hall–Kier alpha value is -1.15. The van der Waals surface area contributed by atoms with Crippen LogP contribution in [0.4, 0.5) is 0 Å². The summed E-state index contributed by atoms with van der Waals surface area (Å²) in [5.74, 6) is 0.449. The fourth-order valence-electron chi connectivity index (χ4n) is 3.22. The number of carbonyl (C=O) groups is 1. The molecule has 1 aliphatic heterocycles. The molecule has 2 nitrogen and oxygen atoms in total. The molecule has 1 heterocycles. The third kappa shape index (κ3) is 3.24. The van der Waals surface area contributed by atoms with E-state index in [0.717, 1.165) is 38.8 Å². The highest BCUT2D eigenvalue weighted by atomic mass is 16.1. The Morgan fingerprint density at radius 1 is 1.26 bits per heavy atom. The summed E-state index contributed by atoms with van der Waals surface area (Å²) in [6.45, 7) is 6.25. The van der Waals surface area contributed by atoms with Crippen molar-refractivity contribution in [2.24, 2.45) is 5.41 Å². The first kappa shape index (κ1) is 14.3. The van der Waals surface area contributed by atoms with Gasteiger partial charge < -0.3 is 5.32 Å². The number of carbonyl (C=O) groups excluding carboxylic acids is 1.